The van der Waals surface area contributed by atoms with Crippen LogP contribution < -0.4 is 0 Å². The van der Waals surface area contributed by atoms with Crippen LogP contribution in [0.3, 0.4) is 0 Å². The molecule has 2 fully saturated rings. The Kier molecular flexibility index (Phi) is 10.7. The van der Waals surface area contributed by atoms with Crippen LogP contribution in [0.5, 0.6) is 0 Å². The molecule has 0 aromatic heterocycles. The number of halogens is 3. The fraction of sp³-hybridized carbons (Fsp3) is 1.00. The zero-order valence-electron chi connectivity index (χ0n) is 12.8. The molecule has 2 heterocycles. The third-order valence-electron chi connectivity index (χ3n) is 4.05. The maximum absolute atomic E-state index is 9.77. The van der Waals surface area contributed by atoms with Crippen LogP contribution in [0.25, 0.3) is 10.6 Å². The topological polar surface area (TPSA) is 31.4 Å². The second-order valence-corrected chi connectivity index (χ2v) is 6.13. The summed E-state index contributed by atoms with van der Waals surface area (Å²) in [7, 11) is 0. The molecule has 2 aliphatic rings. The Balaban J connectivity index is 0.000000491. The Labute approximate surface area is 132 Å². The van der Waals surface area contributed by atoms with Crippen LogP contribution in [0, 0.1) is 0 Å². The van der Waals surface area contributed by atoms with E-state index >= 15 is 0 Å². The molecule has 2 unspecified atom stereocenters. The minimum absolute atomic E-state index is 0.604. The van der Waals surface area contributed by atoms with Gasteiger partial charge < -0.3 is 15.5 Å². The SMILES string of the molecule is CCN(CC1CCCC[N-]1)CC1CCCC[N-]1.[F][Mn]([F])[F]. The molecule has 128 valence electrons. The molecule has 0 bridgehead atoms. The van der Waals surface area contributed by atoms with Crippen molar-refractivity contribution < 1.29 is 25.9 Å². The molecule has 0 aromatic carbocycles. The van der Waals surface area contributed by atoms with Crippen molar-refractivity contribution in [1.82, 2.24) is 4.90 Å². The molecule has 0 aromatic rings. The molecule has 21 heavy (non-hydrogen) atoms. The molecule has 0 radical (unpaired) electrons. The number of rotatable bonds is 5. The second kappa shape index (κ2) is 11.7. The van der Waals surface area contributed by atoms with Gasteiger partial charge in [0.2, 0.25) is 0 Å². The van der Waals surface area contributed by atoms with Gasteiger partial charge in [-0.25, -0.2) is 0 Å². The van der Waals surface area contributed by atoms with Crippen LogP contribution in [0.2, 0.25) is 0 Å². The van der Waals surface area contributed by atoms with Crippen molar-refractivity contribution in [2.45, 2.75) is 57.5 Å². The Morgan fingerprint density at radius 1 is 0.905 bits per heavy atom. The van der Waals surface area contributed by atoms with Crippen molar-refractivity contribution in [2.75, 3.05) is 32.7 Å². The molecule has 2 saturated heterocycles. The van der Waals surface area contributed by atoms with Gasteiger partial charge in [-0.05, 0) is 19.6 Å². The van der Waals surface area contributed by atoms with Crippen molar-refractivity contribution in [1.29, 1.82) is 0 Å². The fourth-order valence-electron chi connectivity index (χ4n) is 2.94. The molecule has 7 heteroatoms. The Bertz CT molecular complexity index is 225. The zero-order chi connectivity index (χ0) is 15.5. The van der Waals surface area contributed by atoms with E-state index in [-0.39, 0.29) is 0 Å². The summed E-state index contributed by atoms with van der Waals surface area (Å²) in [5.41, 5.74) is 0. The quantitative estimate of drug-likeness (QED) is 0.676. The van der Waals surface area contributed by atoms with E-state index in [1.165, 1.54) is 51.6 Å². The molecule has 2 rings (SSSR count). The van der Waals surface area contributed by atoms with Gasteiger partial charge in [0.1, 0.15) is 0 Å². The molecule has 0 amide bonds. The van der Waals surface area contributed by atoms with E-state index < -0.39 is 15.3 Å². The van der Waals surface area contributed by atoms with Gasteiger partial charge in [-0.3, -0.25) is 0 Å². The van der Waals surface area contributed by atoms with Crippen LogP contribution in [0.4, 0.5) is 10.7 Å². The summed E-state index contributed by atoms with van der Waals surface area (Å²) in [5.74, 6) is 0. The summed E-state index contributed by atoms with van der Waals surface area (Å²) in [4.78, 5) is 2.57. The first-order valence-corrected chi connectivity index (χ1v) is 9.20. The molecule has 0 aliphatic carbocycles. The first-order chi connectivity index (χ1) is 10.1. The normalized spacial score (nSPS) is 27.0. The van der Waals surface area contributed by atoms with Gasteiger partial charge >= 0.3 is 25.9 Å². The Morgan fingerprint density at radius 2 is 1.33 bits per heavy atom. The van der Waals surface area contributed by atoms with Gasteiger partial charge in [-0.2, -0.15) is 0 Å². The Hall–Kier alpha value is 0.189. The molecule has 2 aliphatic heterocycles. The average molecular weight is 349 g/mol. The number of hydrogen-bond donors (Lipinski definition) is 0. The molecule has 0 N–H and O–H groups in total. The van der Waals surface area contributed by atoms with Gasteiger partial charge in [0.05, 0.1) is 0 Å². The summed E-state index contributed by atoms with van der Waals surface area (Å²) >= 11 is -4.40. The van der Waals surface area contributed by atoms with Crippen LogP contribution in [-0.4, -0.2) is 49.7 Å². The van der Waals surface area contributed by atoms with Gasteiger partial charge in [0, 0.05) is 0 Å². The second-order valence-electron chi connectivity index (χ2n) is 5.63. The first-order valence-electron chi connectivity index (χ1n) is 7.87. The van der Waals surface area contributed by atoms with E-state index in [0.29, 0.717) is 12.1 Å². The Morgan fingerprint density at radius 3 is 1.62 bits per heavy atom. The van der Waals surface area contributed by atoms with Crippen molar-refractivity contribution in [3.8, 4) is 0 Å². The summed E-state index contributed by atoms with van der Waals surface area (Å²) in [5, 5.41) is 9.48. The summed E-state index contributed by atoms with van der Waals surface area (Å²) in [6.07, 6.45) is 7.97. The van der Waals surface area contributed by atoms with E-state index in [1.807, 2.05) is 0 Å². The fourth-order valence-corrected chi connectivity index (χ4v) is 2.94. The number of piperidine rings is 2. The number of likely N-dealkylation sites (N-methyl/N-ethyl adjacent to an activating group) is 1. The van der Waals surface area contributed by atoms with Crippen molar-refractivity contribution in [3.05, 3.63) is 10.6 Å². The third-order valence-corrected chi connectivity index (χ3v) is 4.05. The number of hydrogen-bond acceptors (Lipinski definition) is 1. The van der Waals surface area contributed by atoms with Crippen molar-refractivity contribution in [2.24, 2.45) is 0 Å². The average Bonchev–Trinajstić information content (AvgIpc) is 2.48. The molecule has 0 saturated carbocycles. The van der Waals surface area contributed by atoms with E-state index in [2.05, 4.69) is 11.8 Å². The molecule has 0 spiro atoms. The first kappa shape index (κ1) is 19.2. The van der Waals surface area contributed by atoms with Gasteiger partial charge in [-0.15, -0.1) is 25.2 Å². The summed E-state index contributed by atoms with van der Waals surface area (Å²) < 4.78 is 29.3. The minimum atomic E-state index is -4.40. The standard InChI is InChI=1S/C14H27N3.3FH.Mn/c1-2-17(11-13-7-3-5-9-15-13)12-14-8-4-6-10-16-14;;;;/h13-14H,2-12H2,1H3;3*1H;/q-2;;;;+3/p-3. The predicted molar refractivity (Wildman–Crippen MR) is 77.2 cm³/mol. The monoisotopic (exact) mass is 349 g/mol. The van der Waals surface area contributed by atoms with E-state index in [9.17, 15) is 10.7 Å². The van der Waals surface area contributed by atoms with Crippen LogP contribution in [0.1, 0.15) is 45.4 Å². The summed E-state index contributed by atoms with van der Waals surface area (Å²) in [6, 6.07) is 1.21. The van der Waals surface area contributed by atoms with Crippen LogP contribution in [0.15, 0.2) is 0 Å². The van der Waals surface area contributed by atoms with Gasteiger partial charge in [0.15, 0.2) is 0 Å². The van der Waals surface area contributed by atoms with E-state index in [1.54, 1.807) is 0 Å². The predicted octanol–water partition coefficient (Wildman–Crippen LogP) is 4.42. The van der Waals surface area contributed by atoms with Gasteiger partial charge in [-0.1, -0.05) is 45.4 Å². The third kappa shape index (κ3) is 9.74. The van der Waals surface area contributed by atoms with Crippen molar-refractivity contribution in [3.63, 3.8) is 0 Å². The van der Waals surface area contributed by atoms with Crippen molar-refractivity contribution >= 4 is 0 Å². The van der Waals surface area contributed by atoms with Crippen LogP contribution in [-0.2, 0) is 15.3 Å². The summed E-state index contributed by atoms with van der Waals surface area (Å²) in [6.45, 7) is 7.95. The molecular formula is C14H27F3MnN3-2. The molecule has 3 nitrogen and oxygen atoms in total. The van der Waals surface area contributed by atoms with E-state index in [4.69, 9.17) is 10.6 Å². The zero-order valence-corrected chi connectivity index (χ0v) is 14.0. The molecule has 2 atom stereocenters. The van der Waals surface area contributed by atoms with Gasteiger partial charge in [0.25, 0.3) is 0 Å². The van der Waals surface area contributed by atoms with E-state index in [0.717, 1.165) is 19.6 Å². The number of nitrogens with zero attached hydrogens (tertiary/aromatic N) is 3. The molecular weight excluding hydrogens is 322 g/mol. The maximum atomic E-state index is 9.77. The van der Waals surface area contributed by atoms with Crippen LogP contribution >= 0.6 is 0 Å².